The predicted molar refractivity (Wildman–Crippen MR) is 115 cm³/mol. The van der Waals surface area contributed by atoms with Crippen molar-refractivity contribution in [2.75, 3.05) is 18.5 Å². The van der Waals surface area contributed by atoms with Gasteiger partial charge >= 0.3 is 0 Å². The highest BCUT2D eigenvalue weighted by molar-refractivity contribution is 5.99. The molecule has 6 nitrogen and oxygen atoms in total. The lowest BCUT2D eigenvalue weighted by Gasteiger charge is -2.30. The lowest BCUT2D eigenvalue weighted by Crippen LogP contribution is -2.29. The molecule has 30 heavy (non-hydrogen) atoms. The second-order valence-corrected chi connectivity index (χ2v) is 9.22. The molecule has 1 aliphatic carbocycles. The number of aromatic nitrogens is 2. The number of fused-ring (bicyclic) bond motifs is 1. The minimum Gasteiger partial charge on any atom is -0.381 e. The quantitative estimate of drug-likeness (QED) is 0.780. The van der Waals surface area contributed by atoms with E-state index in [0.29, 0.717) is 24.6 Å². The molecular formula is C23H31FN4O2. The molecular weight excluding hydrogens is 383 g/mol. The molecule has 2 aliphatic rings. The van der Waals surface area contributed by atoms with Crippen LogP contribution in [-0.4, -0.2) is 34.9 Å². The monoisotopic (exact) mass is 414 g/mol. The Morgan fingerprint density at radius 2 is 2.10 bits per heavy atom. The van der Waals surface area contributed by atoms with Gasteiger partial charge in [0.1, 0.15) is 11.5 Å². The van der Waals surface area contributed by atoms with E-state index in [-0.39, 0.29) is 17.0 Å². The Kier molecular flexibility index (Phi) is 5.57. The van der Waals surface area contributed by atoms with E-state index < -0.39 is 11.7 Å². The van der Waals surface area contributed by atoms with Gasteiger partial charge in [-0.1, -0.05) is 20.8 Å². The van der Waals surface area contributed by atoms with Gasteiger partial charge in [0.25, 0.3) is 5.91 Å². The summed E-state index contributed by atoms with van der Waals surface area (Å²) in [5, 5.41) is 8.18. The second-order valence-electron chi connectivity index (χ2n) is 9.22. The van der Waals surface area contributed by atoms with Crippen LogP contribution in [0.15, 0.2) is 12.1 Å². The molecule has 3 N–H and O–H groups in total. The number of rotatable bonds is 5. The van der Waals surface area contributed by atoms with E-state index in [1.165, 1.54) is 11.6 Å². The van der Waals surface area contributed by atoms with Crippen molar-refractivity contribution in [1.82, 2.24) is 9.78 Å². The van der Waals surface area contributed by atoms with E-state index in [2.05, 4.69) is 26.1 Å². The Hall–Kier alpha value is -2.41. The molecule has 1 saturated heterocycles. The molecule has 1 amide bonds. The molecule has 0 spiro atoms. The smallest absolute Gasteiger partial charge is 0.250 e. The number of hydrogen-bond donors (Lipinski definition) is 2. The van der Waals surface area contributed by atoms with Crippen molar-refractivity contribution < 1.29 is 13.9 Å². The first-order valence-electron chi connectivity index (χ1n) is 10.9. The first-order valence-corrected chi connectivity index (χ1v) is 10.9. The van der Waals surface area contributed by atoms with Crippen LogP contribution in [0.3, 0.4) is 0 Å². The fraction of sp³-hybridized carbons (Fsp3) is 0.565. The van der Waals surface area contributed by atoms with Crippen LogP contribution < -0.4 is 11.1 Å². The number of benzene rings is 1. The van der Waals surface area contributed by atoms with E-state index in [1.807, 2.05) is 0 Å². The van der Waals surface area contributed by atoms with Crippen molar-refractivity contribution in [2.45, 2.75) is 65.3 Å². The van der Waals surface area contributed by atoms with Crippen molar-refractivity contribution in [3.8, 4) is 5.69 Å². The molecule has 0 bridgehead atoms. The molecule has 1 aromatic carbocycles. The van der Waals surface area contributed by atoms with Crippen LogP contribution in [0.25, 0.3) is 5.69 Å². The number of halogens is 1. The lowest BCUT2D eigenvalue weighted by molar-refractivity contribution is 0.0904. The van der Waals surface area contributed by atoms with Crippen LogP contribution >= 0.6 is 0 Å². The van der Waals surface area contributed by atoms with Gasteiger partial charge in [0.15, 0.2) is 0 Å². The molecule has 0 radical (unpaired) electrons. The van der Waals surface area contributed by atoms with Crippen LogP contribution in [0.4, 0.5) is 10.1 Å². The van der Waals surface area contributed by atoms with Gasteiger partial charge in [-0.3, -0.25) is 4.79 Å². The SMILES string of the molecule is CCc1nn(-c2cc(NC3CCOCC3)c(C(N)=O)cc2F)c2c1CCC(C)(C)C2. The Bertz CT molecular complexity index is 961. The van der Waals surface area contributed by atoms with Gasteiger partial charge in [0.05, 0.1) is 11.3 Å². The summed E-state index contributed by atoms with van der Waals surface area (Å²) in [4.78, 5) is 12.0. The summed E-state index contributed by atoms with van der Waals surface area (Å²) in [6.07, 6.45) is 5.36. The molecule has 0 unspecified atom stereocenters. The summed E-state index contributed by atoms with van der Waals surface area (Å²) in [7, 11) is 0. The standard InChI is InChI=1S/C23H31FN4O2/c1-4-18-15-5-8-23(2,3)13-21(15)28(27-18)20-12-19(16(22(25)29)11-17(20)24)26-14-6-9-30-10-7-14/h11-12,14,26H,4-10,13H2,1-3H3,(H2,25,29). The Morgan fingerprint density at radius 1 is 1.37 bits per heavy atom. The Morgan fingerprint density at radius 3 is 2.77 bits per heavy atom. The van der Waals surface area contributed by atoms with Gasteiger partial charge in [-0.2, -0.15) is 5.10 Å². The number of hydrogen-bond acceptors (Lipinski definition) is 4. The minimum atomic E-state index is -0.645. The van der Waals surface area contributed by atoms with Gasteiger partial charge in [0, 0.05) is 30.6 Å². The van der Waals surface area contributed by atoms with Gasteiger partial charge in [0.2, 0.25) is 0 Å². The normalized spacial score (nSPS) is 18.8. The number of primary amides is 1. The highest BCUT2D eigenvalue weighted by Gasteiger charge is 2.32. The number of carbonyl (C=O) groups is 1. The second kappa shape index (κ2) is 8.02. The van der Waals surface area contributed by atoms with Crippen molar-refractivity contribution >= 4 is 11.6 Å². The molecule has 0 saturated carbocycles. The summed E-state index contributed by atoms with van der Waals surface area (Å²) < 4.78 is 22.4. The zero-order valence-corrected chi connectivity index (χ0v) is 18.1. The van der Waals surface area contributed by atoms with E-state index in [4.69, 9.17) is 15.6 Å². The first kappa shape index (κ1) is 20.8. The number of nitrogens with one attached hydrogen (secondary N) is 1. The zero-order chi connectivity index (χ0) is 21.5. The van der Waals surface area contributed by atoms with Crippen LogP contribution in [0.1, 0.15) is 67.3 Å². The maximum absolute atomic E-state index is 15.2. The number of anilines is 1. The summed E-state index contributed by atoms with van der Waals surface area (Å²) in [5.41, 5.74) is 10.1. The first-order chi connectivity index (χ1) is 14.3. The third-order valence-corrected chi connectivity index (χ3v) is 6.37. The number of nitrogens with two attached hydrogens (primary N) is 1. The summed E-state index contributed by atoms with van der Waals surface area (Å²) >= 11 is 0. The van der Waals surface area contributed by atoms with Crippen molar-refractivity contribution in [1.29, 1.82) is 0 Å². The van der Waals surface area contributed by atoms with Gasteiger partial charge in [-0.25, -0.2) is 9.07 Å². The molecule has 4 rings (SSSR count). The van der Waals surface area contributed by atoms with E-state index in [0.717, 1.165) is 49.9 Å². The Balaban J connectivity index is 1.80. The molecule has 7 heteroatoms. The van der Waals surface area contributed by atoms with Crippen LogP contribution in [0.2, 0.25) is 0 Å². The molecule has 1 aliphatic heterocycles. The van der Waals surface area contributed by atoms with Crippen LogP contribution in [0.5, 0.6) is 0 Å². The average Bonchev–Trinajstić information content (AvgIpc) is 3.06. The molecule has 2 aromatic rings. The number of aryl methyl sites for hydroxylation is 1. The van der Waals surface area contributed by atoms with Gasteiger partial charge in [-0.15, -0.1) is 0 Å². The number of ether oxygens (including phenoxy) is 1. The molecule has 0 atom stereocenters. The summed E-state index contributed by atoms with van der Waals surface area (Å²) in [6, 6.07) is 3.10. The highest BCUT2D eigenvalue weighted by atomic mass is 19.1. The largest absolute Gasteiger partial charge is 0.381 e. The van der Waals surface area contributed by atoms with E-state index in [1.54, 1.807) is 10.7 Å². The van der Waals surface area contributed by atoms with Crippen LogP contribution in [0, 0.1) is 11.2 Å². The van der Waals surface area contributed by atoms with E-state index >= 15 is 4.39 Å². The minimum absolute atomic E-state index is 0.141. The maximum atomic E-state index is 15.2. The number of amides is 1. The molecule has 162 valence electrons. The third-order valence-electron chi connectivity index (χ3n) is 6.37. The van der Waals surface area contributed by atoms with E-state index in [9.17, 15) is 4.79 Å². The summed E-state index contributed by atoms with van der Waals surface area (Å²) in [5.74, 6) is -1.13. The van der Waals surface area contributed by atoms with Crippen molar-refractivity contribution in [3.05, 3.63) is 40.5 Å². The van der Waals surface area contributed by atoms with Crippen molar-refractivity contribution in [3.63, 3.8) is 0 Å². The van der Waals surface area contributed by atoms with Crippen molar-refractivity contribution in [2.24, 2.45) is 11.1 Å². The highest BCUT2D eigenvalue weighted by Crippen LogP contribution is 2.38. The predicted octanol–water partition coefficient (Wildman–Crippen LogP) is 3.78. The number of carbonyl (C=O) groups excluding carboxylic acids is 1. The molecule has 1 fully saturated rings. The summed E-state index contributed by atoms with van der Waals surface area (Å²) in [6.45, 7) is 7.89. The molecule has 1 aromatic heterocycles. The van der Waals surface area contributed by atoms with Crippen LogP contribution in [-0.2, 0) is 24.0 Å². The fourth-order valence-electron chi connectivity index (χ4n) is 4.60. The fourth-order valence-corrected chi connectivity index (χ4v) is 4.60. The van der Waals surface area contributed by atoms with Gasteiger partial charge in [-0.05, 0) is 61.6 Å². The Labute approximate surface area is 177 Å². The third kappa shape index (κ3) is 3.95. The maximum Gasteiger partial charge on any atom is 0.250 e. The lowest BCUT2D eigenvalue weighted by atomic mass is 9.76. The molecule has 2 heterocycles. The number of nitrogens with zero attached hydrogens (tertiary/aromatic N) is 2. The zero-order valence-electron chi connectivity index (χ0n) is 18.1. The van der Waals surface area contributed by atoms with Gasteiger partial charge < -0.3 is 15.8 Å². The topological polar surface area (TPSA) is 82.2 Å². The average molecular weight is 415 g/mol.